The second-order valence-electron chi connectivity index (χ2n) is 7.22. The second-order valence-corrected chi connectivity index (χ2v) is 7.22. The number of nitrogens with one attached hydrogen (secondary N) is 1. The maximum Gasteiger partial charge on any atom is 0.433 e. The van der Waals surface area contributed by atoms with Gasteiger partial charge in [-0.1, -0.05) is 66.7 Å². The normalized spacial score (nSPS) is 10.4. The minimum absolute atomic E-state index is 0.00669. The Kier molecular flexibility index (Phi) is 6.49. The quantitative estimate of drug-likeness (QED) is 0.352. The predicted molar refractivity (Wildman–Crippen MR) is 127 cm³/mol. The van der Waals surface area contributed by atoms with Crippen LogP contribution in [0.15, 0.2) is 84.9 Å². The van der Waals surface area contributed by atoms with Crippen molar-refractivity contribution >= 4 is 34.6 Å². The Bertz CT molecular complexity index is 1360. The lowest BCUT2D eigenvalue weighted by molar-refractivity contribution is -0.131. The lowest BCUT2D eigenvalue weighted by Gasteiger charge is -2.23. The molecule has 0 atom stereocenters. The predicted octanol–water partition coefficient (Wildman–Crippen LogP) is 4.74. The Labute approximate surface area is 195 Å². The number of anilines is 1. The number of amides is 2. The van der Waals surface area contributed by atoms with Gasteiger partial charge >= 0.3 is 12.1 Å². The van der Waals surface area contributed by atoms with Gasteiger partial charge in [0.2, 0.25) is 0 Å². The maximum atomic E-state index is 13.7. The summed E-state index contributed by atoms with van der Waals surface area (Å²) < 4.78 is 10.4. The molecule has 1 heterocycles. The van der Waals surface area contributed by atoms with Crippen molar-refractivity contribution in [3.05, 3.63) is 90.5 Å². The number of carbonyl (C=O) groups is 3. The van der Waals surface area contributed by atoms with Crippen molar-refractivity contribution in [3.8, 4) is 17.0 Å². The molecular formula is C26H21N3O5. The van der Waals surface area contributed by atoms with E-state index in [4.69, 9.17) is 9.47 Å². The Morgan fingerprint density at radius 3 is 2.12 bits per heavy atom. The summed E-state index contributed by atoms with van der Waals surface area (Å²) in [6.45, 7) is 1.25. The van der Waals surface area contributed by atoms with E-state index in [9.17, 15) is 14.4 Å². The molecule has 0 fully saturated rings. The van der Waals surface area contributed by atoms with Gasteiger partial charge in [0.05, 0.1) is 23.9 Å². The van der Waals surface area contributed by atoms with Crippen molar-refractivity contribution in [2.45, 2.75) is 6.92 Å². The molecule has 0 aliphatic rings. The molecule has 0 bridgehead atoms. The van der Waals surface area contributed by atoms with Gasteiger partial charge in [-0.25, -0.2) is 9.78 Å². The minimum atomic E-state index is -0.796. The van der Waals surface area contributed by atoms with Crippen molar-refractivity contribution in [1.29, 1.82) is 0 Å². The van der Waals surface area contributed by atoms with E-state index in [1.807, 2.05) is 18.2 Å². The molecule has 0 unspecified atom stereocenters. The lowest BCUT2D eigenvalue weighted by atomic mass is 10.0. The zero-order valence-corrected chi connectivity index (χ0v) is 18.5. The van der Waals surface area contributed by atoms with Gasteiger partial charge in [-0.3, -0.25) is 15.0 Å². The van der Waals surface area contributed by atoms with E-state index in [0.717, 1.165) is 5.01 Å². The summed E-state index contributed by atoms with van der Waals surface area (Å²) in [4.78, 5) is 42.9. The van der Waals surface area contributed by atoms with Crippen LogP contribution in [-0.2, 0) is 9.53 Å². The van der Waals surface area contributed by atoms with E-state index < -0.39 is 18.0 Å². The van der Waals surface area contributed by atoms with Crippen LogP contribution in [0.1, 0.15) is 17.3 Å². The summed E-state index contributed by atoms with van der Waals surface area (Å²) in [5, 5.41) is 1.44. The Hall–Kier alpha value is -4.72. The minimum Gasteiger partial charge on any atom is -0.451 e. The first-order valence-corrected chi connectivity index (χ1v) is 10.4. The second kappa shape index (κ2) is 9.83. The first-order chi connectivity index (χ1) is 16.5. The van der Waals surface area contributed by atoms with Gasteiger partial charge < -0.3 is 9.47 Å². The fraction of sp³-hybridized carbons (Fsp3) is 0.0769. The molecule has 3 aromatic carbocycles. The molecule has 4 rings (SSSR count). The fourth-order valence-corrected chi connectivity index (χ4v) is 3.50. The average molecular weight is 455 g/mol. The van der Waals surface area contributed by atoms with Gasteiger partial charge in [0.15, 0.2) is 5.75 Å². The van der Waals surface area contributed by atoms with Crippen molar-refractivity contribution in [3.63, 3.8) is 0 Å². The molecule has 170 valence electrons. The van der Waals surface area contributed by atoms with E-state index in [-0.39, 0.29) is 11.3 Å². The van der Waals surface area contributed by atoms with Gasteiger partial charge in [0.1, 0.15) is 5.69 Å². The number of pyridine rings is 1. The van der Waals surface area contributed by atoms with Crippen LogP contribution in [0.4, 0.5) is 10.5 Å². The average Bonchev–Trinajstić information content (AvgIpc) is 2.87. The molecule has 8 nitrogen and oxygen atoms in total. The number of benzene rings is 3. The summed E-state index contributed by atoms with van der Waals surface area (Å²) in [5.41, 5.74) is 4.53. The molecule has 0 aliphatic heterocycles. The lowest BCUT2D eigenvalue weighted by Crippen LogP contribution is -2.46. The van der Waals surface area contributed by atoms with Crippen LogP contribution in [0.25, 0.3) is 22.2 Å². The molecule has 0 spiro atoms. The SMILES string of the molecule is COC(=O)N(NC(=O)c1c(OC(C)=O)c(-c2ccccc2)nc2ccccc12)c1ccccc1. The van der Waals surface area contributed by atoms with Crippen molar-refractivity contribution in [2.24, 2.45) is 0 Å². The van der Waals surface area contributed by atoms with Gasteiger partial charge in [-0.05, 0) is 18.2 Å². The molecule has 2 amide bonds. The van der Waals surface area contributed by atoms with Gasteiger partial charge in [0.25, 0.3) is 5.91 Å². The number of hydrazine groups is 1. The van der Waals surface area contributed by atoms with Crippen LogP contribution in [0.2, 0.25) is 0 Å². The summed E-state index contributed by atoms with van der Waals surface area (Å²) in [5.74, 6) is -1.30. The first kappa shape index (κ1) is 22.5. The molecule has 1 N–H and O–H groups in total. The summed E-state index contributed by atoms with van der Waals surface area (Å²) >= 11 is 0. The van der Waals surface area contributed by atoms with Crippen LogP contribution in [0.5, 0.6) is 5.75 Å². The molecule has 1 aromatic heterocycles. The standard InChI is InChI=1S/C26H21N3O5/c1-17(30)34-24-22(25(31)28-29(26(32)33-2)19-13-7-4-8-14-19)20-15-9-10-16-21(20)27-23(24)18-11-5-3-6-12-18/h3-16H,1-2H3,(H,28,31). The summed E-state index contributed by atoms with van der Waals surface area (Å²) in [7, 11) is 1.21. The summed E-state index contributed by atoms with van der Waals surface area (Å²) in [6, 6.07) is 24.6. The summed E-state index contributed by atoms with van der Waals surface area (Å²) in [6.07, 6.45) is -0.796. The Morgan fingerprint density at radius 2 is 1.47 bits per heavy atom. The molecule has 8 heteroatoms. The number of carbonyl (C=O) groups excluding carboxylic acids is 3. The largest absolute Gasteiger partial charge is 0.451 e. The van der Waals surface area contributed by atoms with Crippen LogP contribution in [0, 0.1) is 0 Å². The Balaban J connectivity index is 1.91. The number of methoxy groups -OCH3 is 1. The molecule has 0 saturated carbocycles. The molecule has 34 heavy (non-hydrogen) atoms. The number of hydrogen-bond acceptors (Lipinski definition) is 6. The van der Waals surface area contributed by atoms with Crippen molar-refractivity contribution in [2.75, 3.05) is 12.1 Å². The topological polar surface area (TPSA) is 97.8 Å². The zero-order chi connectivity index (χ0) is 24.1. The van der Waals surface area contributed by atoms with E-state index in [2.05, 4.69) is 10.4 Å². The van der Waals surface area contributed by atoms with Gasteiger partial charge in [0, 0.05) is 17.9 Å². The molecule has 0 saturated heterocycles. The van der Waals surface area contributed by atoms with Crippen LogP contribution >= 0.6 is 0 Å². The van der Waals surface area contributed by atoms with E-state index in [0.29, 0.717) is 27.8 Å². The number of rotatable bonds is 4. The van der Waals surface area contributed by atoms with E-state index in [1.54, 1.807) is 66.7 Å². The zero-order valence-electron chi connectivity index (χ0n) is 18.5. The third-order valence-corrected chi connectivity index (χ3v) is 4.95. The number of para-hydroxylation sites is 2. The Morgan fingerprint density at radius 1 is 0.853 bits per heavy atom. The van der Waals surface area contributed by atoms with Crippen LogP contribution in [-0.4, -0.2) is 30.1 Å². The molecular weight excluding hydrogens is 434 g/mol. The number of aromatic nitrogens is 1. The van der Waals surface area contributed by atoms with E-state index in [1.165, 1.54) is 14.0 Å². The smallest absolute Gasteiger partial charge is 0.433 e. The molecule has 0 aliphatic carbocycles. The first-order valence-electron chi connectivity index (χ1n) is 10.4. The van der Waals surface area contributed by atoms with Crippen molar-refractivity contribution in [1.82, 2.24) is 10.4 Å². The van der Waals surface area contributed by atoms with Gasteiger partial charge in [-0.2, -0.15) is 5.01 Å². The number of ether oxygens (including phenoxy) is 2. The van der Waals surface area contributed by atoms with E-state index >= 15 is 0 Å². The molecule has 0 radical (unpaired) electrons. The van der Waals surface area contributed by atoms with Gasteiger partial charge in [-0.15, -0.1) is 0 Å². The highest BCUT2D eigenvalue weighted by molar-refractivity contribution is 6.12. The fourth-order valence-electron chi connectivity index (χ4n) is 3.50. The highest BCUT2D eigenvalue weighted by atomic mass is 16.5. The number of nitrogens with zero attached hydrogens (tertiary/aromatic N) is 2. The third kappa shape index (κ3) is 4.56. The number of esters is 1. The number of hydrogen-bond donors (Lipinski definition) is 1. The van der Waals surface area contributed by atoms with Crippen molar-refractivity contribution < 1.29 is 23.9 Å². The van der Waals surface area contributed by atoms with Crippen LogP contribution in [0.3, 0.4) is 0 Å². The molecule has 4 aromatic rings. The highest BCUT2D eigenvalue weighted by Crippen LogP contribution is 2.36. The monoisotopic (exact) mass is 455 g/mol. The van der Waals surface area contributed by atoms with Crippen LogP contribution < -0.4 is 15.2 Å². The maximum absolute atomic E-state index is 13.7. The highest BCUT2D eigenvalue weighted by Gasteiger charge is 2.27. The number of fused-ring (bicyclic) bond motifs is 1. The third-order valence-electron chi connectivity index (χ3n) is 4.95.